The van der Waals surface area contributed by atoms with E-state index in [4.69, 9.17) is 10.5 Å². The number of nitrogens with two attached hydrogens (primary N) is 1. The summed E-state index contributed by atoms with van der Waals surface area (Å²) < 4.78 is 5.27. The summed E-state index contributed by atoms with van der Waals surface area (Å²) >= 11 is 0. The minimum atomic E-state index is 0.415. The van der Waals surface area contributed by atoms with E-state index in [1.54, 1.807) is 12.1 Å². The molecule has 0 unspecified atom stereocenters. The van der Waals surface area contributed by atoms with E-state index in [0.717, 1.165) is 12.8 Å². The van der Waals surface area contributed by atoms with Gasteiger partial charge in [0.15, 0.2) is 0 Å². The molecule has 1 aromatic heterocycles. The number of hydrogen-bond acceptors (Lipinski definition) is 4. The Balaban J connectivity index is 2.37. The zero-order valence-electron chi connectivity index (χ0n) is 7.16. The van der Waals surface area contributed by atoms with Crippen molar-refractivity contribution in [3.8, 4) is 5.88 Å². The summed E-state index contributed by atoms with van der Waals surface area (Å²) in [6.45, 7) is 2.80. The molecule has 0 radical (unpaired) electrons. The molecule has 0 aliphatic carbocycles. The van der Waals surface area contributed by atoms with E-state index in [1.165, 1.54) is 0 Å². The molecular weight excluding hydrogens is 154 g/mol. The van der Waals surface area contributed by atoms with Crippen LogP contribution in [0.15, 0.2) is 12.1 Å². The maximum absolute atomic E-state index is 5.35. The van der Waals surface area contributed by atoms with E-state index < -0.39 is 0 Å². The van der Waals surface area contributed by atoms with Crippen LogP contribution in [0.4, 0.5) is 5.82 Å². The van der Waals surface area contributed by atoms with Gasteiger partial charge >= 0.3 is 0 Å². The quantitative estimate of drug-likeness (QED) is 0.685. The third-order valence-electron chi connectivity index (χ3n) is 1.41. The summed E-state index contributed by atoms with van der Waals surface area (Å²) in [5, 5.41) is 7.41. The van der Waals surface area contributed by atoms with Gasteiger partial charge in [0.05, 0.1) is 6.61 Å². The van der Waals surface area contributed by atoms with Gasteiger partial charge in [0.1, 0.15) is 5.82 Å². The molecular formula is C8H13N3O. The van der Waals surface area contributed by atoms with E-state index in [1.807, 2.05) is 0 Å². The minimum Gasteiger partial charge on any atom is -0.477 e. The summed E-state index contributed by atoms with van der Waals surface area (Å²) in [5.74, 6) is 0.954. The number of unbranched alkanes of at least 4 members (excludes halogenated alkanes) is 1. The zero-order valence-corrected chi connectivity index (χ0v) is 7.16. The van der Waals surface area contributed by atoms with Crippen LogP contribution >= 0.6 is 0 Å². The van der Waals surface area contributed by atoms with Crippen molar-refractivity contribution in [3.63, 3.8) is 0 Å². The summed E-state index contributed by atoms with van der Waals surface area (Å²) in [4.78, 5) is 0. The number of hydrogen-bond donors (Lipinski definition) is 1. The van der Waals surface area contributed by atoms with Crippen LogP contribution in [-0.2, 0) is 0 Å². The highest BCUT2D eigenvalue weighted by Gasteiger charge is 1.94. The lowest BCUT2D eigenvalue weighted by molar-refractivity contribution is 0.294. The summed E-state index contributed by atoms with van der Waals surface area (Å²) in [5.41, 5.74) is 5.35. The summed E-state index contributed by atoms with van der Waals surface area (Å²) in [7, 11) is 0. The van der Waals surface area contributed by atoms with Crippen LogP contribution in [0.3, 0.4) is 0 Å². The number of ether oxygens (including phenoxy) is 1. The van der Waals surface area contributed by atoms with Crippen molar-refractivity contribution in [2.45, 2.75) is 19.8 Å². The third kappa shape index (κ3) is 2.74. The number of nitrogens with zero attached hydrogens (tertiary/aromatic N) is 2. The Hall–Kier alpha value is -1.32. The molecule has 0 saturated heterocycles. The molecule has 0 aliphatic heterocycles. The van der Waals surface area contributed by atoms with Gasteiger partial charge in [-0.2, -0.15) is 0 Å². The minimum absolute atomic E-state index is 0.415. The van der Waals surface area contributed by atoms with Gasteiger partial charge in [0, 0.05) is 6.07 Å². The molecule has 4 heteroatoms. The first-order valence-corrected chi connectivity index (χ1v) is 4.05. The Labute approximate surface area is 71.8 Å². The van der Waals surface area contributed by atoms with Crippen molar-refractivity contribution in [2.75, 3.05) is 12.3 Å². The fraction of sp³-hybridized carbons (Fsp3) is 0.500. The average molecular weight is 167 g/mol. The van der Waals surface area contributed by atoms with Crippen LogP contribution in [0.1, 0.15) is 19.8 Å². The molecule has 0 saturated carbocycles. The van der Waals surface area contributed by atoms with Crippen LogP contribution in [0, 0.1) is 0 Å². The monoisotopic (exact) mass is 167 g/mol. The number of nitrogen functional groups attached to an aromatic ring is 1. The van der Waals surface area contributed by atoms with Gasteiger partial charge in [0.25, 0.3) is 0 Å². The molecule has 1 rings (SSSR count). The SMILES string of the molecule is CCCCOc1ccc(N)nn1. The average Bonchev–Trinajstić information content (AvgIpc) is 2.09. The van der Waals surface area contributed by atoms with Crippen LogP contribution in [-0.4, -0.2) is 16.8 Å². The van der Waals surface area contributed by atoms with Crippen molar-refractivity contribution >= 4 is 5.82 Å². The molecule has 0 amide bonds. The van der Waals surface area contributed by atoms with Crippen molar-refractivity contribution in [1.29, 1.82) is 0 Å². The molecule has 0 bridgehead atoms. The van der Waals surface area contributed by atoms with Gasteiger partial charge in [0.2, 0.25) is 5.88 Å². The smallest absolute Gasteiger partial charge is 0.233 e. The van der Waals surface area contributed by atoms with Gasteiger partial charge in [-0.25, -0.2) is 0 Å². The highest BCUT2D eigenvalue weighted by atomic mass is 16.5. The van der Waals surface area contributed by atoms with E-state index in [0.29, 0.717) is 18.3 Å². The topological polar surface area (TPSA) is 61.0 Å². The first kappa shape index (κ1) is 8.77. The first-order chi connectivity index (χ1) is 5.83. The van der Waals surface area contributed by atoms with E-state index >= 15 is 0 Å². The molecule has 1 heterocycles. The fourth-order valence-electron chi connectivity index (χ4n) is 0.728. The highest BCUT2D eigenvalue weighted by molar-refractivity contribution is 5.27. The fourth-order valence-corrected chi connectivity index (χ4v) is 0.728. The normalized spacial score (nSPS) is 9.75. The second kappa shape index (κ2) is 4.54. The second-order valence-corrected chi connectivity index (χ2v) is 2.50. The summed E-state index contributed by atoms with van der Waals surface area (Å²) in [6, 6.07) is 3.40. The molecule has 0 aromatic carbocycles. The molecule has 2 N–H and O–H groups in total. The van der Waals surface area contributed by atoms with Gasteiger partial charge in [-0.1, -0.05) is 13.3 Å². The zero-order chi connectivity index (χ0) is 8.81. The molecule has 12 heavy (non-hydrogen) atoms. The number of rotatable bonds is 4. The predicted molar refractivity (Wildman–Crippen MR) is 46.8 cm³/mol. The Morgan fingerprint density at radius 1 is 1.42 bits per heavy atom. The Kier molecular flexibility index (Phi) is 3.32. The van der Waals surface area contributed by atoms with Crippen molar-refractivity contribution in [3.05, 3.63) is 12.1 Å². The van der Waals surface area contributed by atoms with Crippen LogP contribution in [0.2, 0.25) is 0 Å². The largest absolute Gasteiger partial charge is 0.477 e. The van der Waals surface area contributed by atoms with Gasteiger partial charge in [-0.15, -0.1) is 10.2 Å². The molecule has 4 nitrogen and oxygen atoms in total. The second-order valence-electron chi connectivity index (χ2n) is 2.50. The lowest BCUT2D eigenvalue weighted by Gasteiger charge is -2.02. The third-order valence-corrected chi connectivity index (χ3v) is 1.41. The van der Waals surface area contributed by atoms with Crippen LogP contribution in [0.25, 0.3) is 0 Å². The Morgan fingerprint density at radius 3 is 2.83 bits per heavy atom. The first-order valence-electron chi connectivity index (χ1n) is 4.05. The maximum atomic E-state index is 5.35. The molecule has 0 spiro atoms. The molecule has 0 fully saturated rings. The van der Waals surface area contributed by atoms with Crippen LogP contribution in [0.5, 0.6) is 5.88 Å². The Morgan fingerprint density at radius 2 is 2.25 bits per heavy atom. The van der Waals surface area contributed by atoms with Crippen molar-refractivity contribution in [1.82, 2.24) is 10.2 Å². The lowest BCUT2D eigenvalue weighted by Crippen LogP contribution is -2.00. The maximum Gasteiger partial charge on any atom is 0.233 e. The summed E-state index contributed by atoms with van der Waals surface area (Å²) in [6.07, 6.45) is 2.15. The van der Waals surface area contributed by atoms with E-state index in [9.17, 15) is 0 Å². The Bertz CT molecular complexity index is 222. The van der Waals surface area contributed by atoms with Gasteiger partial charge in [-0.3, -0.25) is 0 Å². The molecule has 0 aliphatic rings. The standard InChI is InChI=1S/C8H13N3O/c1-2-3-6-12-8-5-4-7(9)10-11-8/h4-5H,2-3,6H2,1H3,(H2,9,10). The highest BCUT2D eigenvalue weighted by Crippen LogP contribution is 2.05. The van der Waals surface area contributed by atoms with Crippen molar-refractivity contribution < 1.29 is 4.74 Å². The molecule has 0 atom stereocenters. The van der Waals surface area contributed by atoms with Crippen molar-refractivity contribution in [2.24, 2.45) is 0 Å². The predicted octanol–water partition coefficient (Wildman–Crippen LogP) is 1.24. The van der Waals surface area contributed by atoms with E-state index in [2.05, 4.69) is 17.1 Å². The number of aromatic nitrogens is 2. The number of anilines is 1. The van der Waals surface area contributed by atoms with Crippen LogP contribution < -0.4 is 10.5 Å². The van der Waals surface area contributed by atoms with Gasteiger partial charge < -0.3 is 10.5 Å². The van der Waals surface area contributed by atoms with Gasteiger partial charge in [-0.05, 0) is 12.5 Å². The molecule has 66 valence electrons. The lowest BCUT2D eigenvalue weighted by atomic mass is 10.4. The molecule has 1 aromatic rings. The van der Waals surface area contributed by atoms with E-state index in [-0.39, 0.29) is 0 Å².